The maximum Gasteiger partial charge on any atom is 0.295 e. The molecule has 0 aliphatic carbocycles. The summed E-state index contributed by atoms with van der Waals surface area (Å²) < 4.78 is 0. The van der Waals surface area contributed by atoms with Gasteiger partial charge >= 0.3 is 0 Å². The van der Waals surface area contributed by atoms with Crippen molar-refractivity contribution in [2.45, 2.75) is 0 Å². The highest BCUT2D eigenvalue weighted by molar-refractivity contribution is 5.95. The topological polar surface area (TPSA) is 176 Å². The van der Waals surface area contributed by atoms with Crippen molar-refractivity contribution in [3.05, 3.63) is 10.4 Å². The summed E-state index contributed by atoms with van der Waals surface area (Å²) in [7, 11) is 0. The summed E-state index contributed by atoms with van der Waals surface area (Å²) in [6.45, 7) is 2.52. The molecule has 1 aromatic heterocycles. The van der Waals surface area contributed by atoms with Crippen molar-refractivity contribution in [3.8, 4) is 17.2 Å². The second kappa shape index (κ2) is 5.76. The number of hydrazine groups is 1. The molecule has 11 nitrogen and oxygen atoms in total. The molecule has 1 fully saturated rings. The number of nitrogens with two attached hydrogens (primary N) is 2. The monoisotopic (exact) mass is 299 g/mol. The van der Waals surface area contributed by atoms with Gasteiger partial charge in [0, 0.05) is 26.2 Å². The maximum atomic E-state index is 11.5. The smallest absolute Gasteiger partial charge is 0.295 e. The molecular weight excluding hydrogens is 282 g/mol. The summed E-state index contributed by atoms with van der Waals surface area (Å²) in [4.78, 5) is 15.3. The predicted octanol–water partition coefficient (Wildman–Crippen LogP) is -2.69. The summed E-state index contributed by atoms with van der Waals surface area (Å²) >= 11 is 0. The third-order valence-corrected chi connectivity index (χ3v) is 3.09. The van der Waals surface area contributed by atoms with Crippen LogP contribution in [0.5, 0.6) is 17.2 Å². The SMILES string of the molecule is N/N=C(/N1CCNCC1)N(N)c1[nH]c(=O)c(O)c(O)c1O. The van der Waals surface area contributed by atoms with Crippen LogP contribution in [0.15, 0.2) is 9.90 Å². The standard InChI is InChI=1S/C10H17N7O4/c11-15-10(16-3-1-13-2-4-16)17(12)8-6(19)5(18)7(20)9(21)14-8/h13,19-20H,1-4,11-12H2,(H2,14,18,21)/b15-10-. The van der Waals surface area contributed by atoms with Crippen LogP contribution in [0.1, 0.15) is 0 Å². The maximum absolute atomic E-state index is 11.5. The zero-order chi connectivity index (χ0) is 15.6. The van der Waals surface area contributed by atoms with Crippen LogP contribution in [-0.2, 0) is 0 Å². The number of hydrazone groups is 1. The number of aromatic amines is 1. The lowest BCUT2D eigenvalue weighted by Crippen LogP contribution is -2.55. The van der Waals surface area contributed by atoms with Gasteiger partial charge in [0.2, 0.25) is 23.2 Å². The summed E-state index contributed by atoms with van der Waals surface area (Å²) in [5.74, 6) is 8.12. The predicted molar refractivity (Wildman–Crippen MR) is 74.8 cm³/mol. The zero-order valence-corrected chi connectivity index (χ0v) is 11.1. The minimum Gasteiger partial charge on any atom is -0.502 e. The Kier molecular flexibility index (Phi) is 4.05. The van der Waals surface area contributed by atoms with E-state index < -0.39 is 22.8 Å². The van der Waals surface area contributed by atoms with Crippen molar-refractivity contribution in [3.63, 3.8) is 0 Å². The molecule has 2 heterocycles. The quantitative estimate of drug-likeness (QED) is 0.126. The summed E-state index contributed by atoms with van der Waals surface area (Å²) in [6.07, 6.45) is 0. The molecule has 2 rings (SSSR count). The number of rotatable bonds is 1. The van der Waals surface area contributed by atoms with Gasteiger partial charge in [0.25, 0.3) is 5.56 Å². The number of hydrogen-bond acceptors (Lipinski definition) is 8. The molecule has 0 unspecified atom stereocenters. The number of nitrogens with one attached hydrogen (secondary N) is 2. The summed E-state index contributed by atoms with van der Waals surface area (Å²) in [6, 6.07) is 0. The number of hydrogen-bond donors (Lipinski definition) is 7. The molecule has 0 radical (unpaired) electrons. The van der Waals surface area contributed by atoms with E-state index in [9.17, 15) is 20.1 Å². The average molecular weight is 299 g/mol. The molecule has 0 atom stereocenters. The number of guanidine groups is 1. The van der Waals surface area contributed by atoms with Gasteiger partial charge in [-0.1, -0.05) is 0 Å². The number of aromatic hydroxyl groups is 3. The minimum atomic E-state index is -1.01. The number of H-pyrrole nitrogens is 1. The first-order chi connectivity index (χ1) is 9.97. The third-order valence-electron chi connectivity index (χ3n) is 3.09. The molecule has 1 saturated heterocycles. The molecule has 0 amide bonds. The zero-order valence-electron chi connectivity index (χ0n) is 11.1. The van der Waals surface area contributed by atoms with E-state index in [-0.39, 0.29) is 11.8 Å². The Bertz CT molecular complexity index is 608. The second-order valence-electron chi connectivity index (χ2n) is 4.38. The summed E-state index contributed by atoms with van der Waals surface area (Å²) in [5, 5.41) is 36.0. The number of piperazine rings is 1. The van der Waals surface area contributed by atoms with E-state index in [1.54, 1.807) is 4.90 Å². The van der Waals surface area contributed by atoms with Gasteiger partial charge in [0.1, 0.15) is 0 Å². The van der Waals surface area contributed by atoms with Gasteiger partial charge in [0.15, 0.2) is 5.82 Å². The molecule has 0 bridgehead atoms. The number of anilines is 1. The van der Waals surface area contributed by atoms with E-state index in [1.165, 1.54) is 0 Å². The number of pyridine rings is 1. The number of aromatic nitrogens is 1. The Morgan fingerprint density at radius 2 is 1.81 bits per heavy atom. The third kappa shape index (κ3) is 2.64. The summed E-state index contributed by atoms with van der Waals surface area (Å²) in [5.41, 5.74) is -1.01. The molecule has 11 heteroatoms. The number of nitrogens with zero attached hydrogens (tertiary/aromatic N) is 3. The van der Waals surface area contributed by atoms with Crippen molar-refractivity contribution >= 4 is 11.8 Å². The van der Waals surface area contributed by atoms with Gasteiger partial charge in [-0.2, -0.15) is 0 Å². The molecule has 116 valence electrons. The molecule has 1 aliphatic rings. The molecule has 0 spiro atoms. The average Bonchev–Trinajstić information content (AvgIpc) is 2.50. The fourth-order valence-corrected chi connectivity index (χ4v) is 1.99. The first kappa shape index (κ1) is 14.7. The lowest BCUT2D eigenvalue weighted by atomic mass is 10.3. The Morgan fingerprint density at radius 3 is 2.38 bits per heavy atom. The van der Waals surface area contributed by atoms with Gasteiger partial charge in [-0.05, 0) is 0 Å². The van der Waals surface area contributed by atoms with Crippen molar-refractivity contribution in [1.82, 2.24) is 15.2 Å². The van der Waals surface area contributed by atoms with Crippen molar-refractivity contribution in [2.24, 2.45) is 16.8 Å². The Balaban J connectivity index is 2.38. The fraction of sp³-hybridized carbons (Fsp3) is 0.400. The van der Waals surface area contributed by atoms with Gasteiger partial charge in [-0.3, -0.25) is 4.79 Å². The van der Waals surface area contributed by atoms with Crippen LogP contribution in [-0.4, -0.2) is 57.3 Å². The van der Waals surface area contributed by atoms with E-state index in [0.29, 0.717) is 26.2 Å². The largest absolute Gasteiger partial charge is 0.502 e. The van der Waals surface area contributed by atoms with Crippen LogP contribution in [0.25, 0.3) is 0 Å². The van der Waals surface area contributed by atoms with Gasteiger partial charge < -0.3 is 36.4 Å². The van der Waals surface area contributed by atoms with E-state index in [0.717, 1.165) is 5.01 Å². The Hall–Kier alpha value is -2.66. The lowest BCUT2D eigenvalue weighted by molar-refractivity contribution is 0.348. The van der Waals surface area contributed by atoms with Crippen molar-refractivity contribution < 1.29 is 15.3 Å². The van der Waals surface area contributed by atoms with E-state index in [1.807, 2.05) is 0 Å². The fourth-order valence-electron chi connectivity index (χ4n) is 1.99. The van der Waals surface area contributed by atoms with E-state index in [4.69, 9.17) is 11.7 Å². The van der Waals surface area contributed by atoms with Crippen LogP contribution >= 0.6 is 0 Å². The van der Waals surface area contributed by atoms with Crippen LogP contribution in [0.2, 0.25) is 0 Å². The van der Waals surface area contributed by atoms with Gasteiger partial charge in [0.05, 0.1) is 0 Å². The molecular formula is C10H17N7O4. The highest BCUT2D eigenvalue weighted by atomic mass is 16.3. The van der Waals surface area contributed by atoms with Crippen molar-refractivity contribution in [2.75, 3.05) is 31.2 Å². The minimum absolute atomic E-state index is 0.0903. The second-order valence-corrected chi connectivity index (χ2v) is 4.38. The molecule has 1 aromatic rings. The molecule has 21 heavy (non-hydrogen) atoms. The van der Waals surface area contributed by atoms with Gasteiger partial charge in [-0.15, -0.1) is 5.10 Å². The molecule has 0 aromatic carbocycles. The van der Waals surface area contributed by atoms with E-state index in [2.05, 4.69) is 15.4 Å². The molecule has 9 N–H and O–H groups in total. The van der Waals surface area contributed by atoms with E-state index >= 15 is 0 Å². The first-order valence-electron chi connectivity index (χ1n) is 6.13. The van der Waals surface area contributed by atoms with Crippen LogP contribution in [0, 0.1) is 0 Å². The molecule has 0 saturated carbocycles. The first-order valence-corrected chi connectivity index (χ1v) is 6.13. The molecule has 1 aliphatic heterocycles. The van der Waals surface area contributed by atoms with Crippen LogP contribution in [0.3, 0.4) is 0 Å². The Labute approximate surface area is 119 Å². The van der Waals surface area contributed by atoms with Crippen LogP contribution in [0.4, 0.5) is 5.82 Å². The lowest BCUT2D eigenvalue weighted by Gasteiger charge is -2.33. The van der Waals surface area contributed by atoms with Crippen molar-refractivity contribution in [1.29, 1.82) is 0 Å². The van der Waals surface area contributed by atoms with Gasteiger partial charge in [-0.25, -0.2) is 10.9 Å². The normalized spacial score (nSPS) is 16.0. The highest BCUT2D eigenvalue weighted by Crippen LogP contribution is 2.37. The van der Waals surface area contributed by atoms with Crippen LogP contribution < -0.4 is 27.6 Å². The highest BCUT2D eigenvalue weighted by Gasteiger charge is 2.25. The Morgan fingerprint density at radius 1 is 1.19 bits per heavy atom.